The van der Waals surface area contributed by atoms with Crippen LogP contribution in [0.4, 0.5) is 0 Å². The molecule has 0 saturated heterocycles. The summed E-state index contributed by atoms with van der Waals surface area (Å²) in [5, 5.41) is 13.6. The molecule has 0 unspecified atom stereocenters. The van der Waals surface area contributed by atoms with E-state index in [2.05, 4.69) is 61.1 Å². The van der Waals surface area contributed by atoms with Gasteiger partial charge in [-0.05, 0) is 6.42 Å². The van der Waals surface area contributed by atoms with Crippen molar-refractivity contribution in [3.05, 3.63) is 60.3 Å². The molecule has 3 rings (SSSR count). The second-order valence-electron chi connectivity index (χ2n) is 6.82. The number of nitrogens with one attached hydrogen (secondary N) is 1. The molecule has 2 N–H and O–H groups in total. The molecule has 0 saturated carbocycles. The maximum atomic E-state index is 8.20. The van der Waals surface area contributed by atoms with Crippen LogP contribution in [0.5, 0.6) is 0 Å². The van der Waals surface area contributed by atoms with Crippen molar-refractivity contribution in [2.24, 2.45) is 0 Å². The number of halogens is 2. The third kappa shape index (κ3) is 13.5. The number of aliphatic hydroxyl groups is 1. The van der Waals surface area contributed by atoms with Gasteiger partial charge in [0.05, 0.1) is 0 Å². The number of rotatable bonds is 3. The van der Waals surface area contributed by atoms with Gasteiger partial charge in [0.1, 0.15) is 0 Å². The quantitative estimate of drug-likeness (QED) is 0.247. The number of fused-ring (bicyclic) bond motifs is 3. The Bertz CT molecular complexity index is 683. The van der Waals surface area contributed by atoms with Crippen LogP contribution in [0.1, 0.15) is 27.2 Å². The van der Waals surface area contributed by atoms with Crippen LogP contribution in [0, 0.1) is 0 Å². The zero-order chi connectivity index (χ0) is 20.7. The van der Waals surface area contributed by atoms with E-state index in [4.69, 9.17) is 29.5 Å². The van der Waals surface area contributed by atoms with Gasteiger partial charge in [-0.25, -0.2) is 0 Å². The van der Waals surface area contributed by atoms with Crippen LogP contribution in [-0.2, 0) is 17.0 Å². The van der Waals surface area contributed by atoms with Gasteiger partial charge in [0.2, 0.25) is 0 Å². The molecular weight excluding hydrogens is 429 g/mol. The maximum absolute atomic E-state index is 8.20. The first-order valence-corrected chi connectivity index (χ1v) is 14.8. The SMILES string of the molecule is CC(C)(C)[NH-].C[Si]CCCO.[Cl][Ti][Cl].c1ccc2c(c1)[cH-]c1ccccc12. The standard InChI is InChI=1S/C13H9.C4H10N.C4H10OSi.2ClH.Ti/c1-3-7-12-10(5-1)9-11-6-2-4-8-13(11)12;1-4(2,3)5;1-6-4-2-3-5;;;/h1-9H;5H,1-3H3;5H,2-4H2,1H3;2*1H;/q2*-1;;;;+2/p-2. The fourth-order valence-electron chi connectivity index (χ4n) is 2.16. The monoisotopic (exact) mass is 457 g/mol. The van der Waals surface area contributed by atoms with Gasteiger partial charge in [-0.3, -0.25) is 0 Å². The zero-order valence-corrected chi connectivity index (χ0v) is 20.6. The van der Waals surface area contributed by atoms with Gasteiger partial charge in [-0.15, -0.1) is 45.3 Å². The molecule has 0 heterocycles. The summed E-state index contributed by atoms with van der Waals surface area (Å²) < 4.78 is 0. The molecule has 0 aliphatic carbocycles. The Morgan fingerprint density at radius 2 is 1.37 bits per heavy atom. The van der Waals surface area contributed by atoms with Crippen LogP contribution in [0.15, 0.2) is 54.6 Å². The molecule has 3 aromatic carbocycles. The van der Waals surface area contributed by atoms with Crippen LogP contribution < -0.4 is 0 Å². The van der Waals surface area contributed by atoms with E-state index < -0.39 is 17.0 Å². The smallest absolute Gasteiger partial charge is 0.0771 e. The van der Waals surface area contributed by atoms with E-state index in [9.17, 15) is 0 Å². The minimum Gasteiger partial charge on any atom is -0.126 e. The van der Waals surface area contributed by atoms with Crippen molar-refractivity contribution in [2.45, 2.75) is 45.3 Å². The third-order valence-electron chi connectivity index (χ3n) is 3.11. The largest absolute Gasteiger partial charge is 0.126 e. The number of hydrogen-bond donors (Lipinski definition) is 1. The maximum Gasteiger partial charge on any atom is -0.0771 e. The van der Waals surface area contributed by atoms with Crippen LogP contribution >= 0.6 is 18.6 Å². The summed E-state index contributed by atoms with van der Waals surface area (Å²) in [5.74, 6) is 0. The summed E-state index contributed by atoms with van der Waals surface area (Å²) in [6.07, 6.45) is 0.981. The number of benzene rings is 2. The van der Waals surface area contributed by atoms with E-state index in [1.165, 1.54) is 27.6 Å². The second kappa shape index (κ2) is 15.6. The summed E-state index contributed by atoms with van der Waals surface area (Å²) in [6, 6.07) is 20.5. The normalized spacial score (nSPS) is 10.1. The number of hydrogen-bond acceptors (Lipinski definition) is 1. The van der Waals surface area contributed by atoms with Crippen molar-refractivity contribution < 1.29 is 22.1 Å². The molecule has 6 heteroatoms. The molecule has 0 aliphatic heterocycles. The molecule has 2 nitrogen and oxygen atoms in total. The van der Waals surface area contributed by atoms with Crippen LogP contribution in [-0.4, -0.2) is 26.8 Å². The molecule has 27 heavy (non-hydrogen) atoms. The minimum atomic E-state index is -0.556. The van der Waals surface area contributed by atoms with Crippen LogP contribution in [0.25, 0.3) is 27.3 Å². The van der Waals surface area contributed by atoms with E-state index in [1.54, 1.807) is 0 Å². The zero-order valence-electron chi connectivity index (χ0n) is 16.5. The molecule has 0 aliphatic rings. The first kappa shape index (κ1) is 26.7. The van der Waals surface area contributed by atoms with Crippen molar-refractivity contribution in [3.63, 3.8) is 0 Å². The molecular formula is C21H29Cl2NOSiTi-2. The van der Waals surface area contributed by atoms with Gasteiger partial charge in [0, 0.05) is 16.1 Å². The molecule has 2 radical (unpaired) electrons. The molecule has 0 amide bonds. The van der Waals surface area contributed by atoms with E-state index in [0.717, 1.165) is 15.9 Å². The Kier molecular flexibility index (Phi) is 15.5. The summed E-state index contributed by atoms with van der Waals surface area (Å²) in [4.78, 5) is 0. The van der Waals surface area contributed by atoms with E-state index >= 15 is 0 Å². The molecule has 0 spiro atoms. The Labute approximate surface area is 183 Å². The summed E-state index contributed by atoms with van der Waals surface area (Å²) in [6.45, 7) is 8.07. The van der Waals surface area contributed by atoms with Crippen molar-refractivity contribution in [3.8, 4) is 0 Å². The van der Waals surface area contributed by atoms with Gasteiger partial charge in [0.25, 0.3) is 0 Å². The predicted octanol–water partition coefficient (Wildman–Crippen LogP) is 7.46. The van der Waals surface area contributed by atoms with Crippen molar-refractivity contribution in [1.29, 1.82) is 0 Å². The Hall–Kier alpha value is -0.259. The minimum absolute atomic E-state index is 0.250. The fraction of sp³-hybridized carbons (Fsp3) is 0.381. The van der Waals surface area contributed by atoms with E-state index in [1.807, 2.05) is 20.8 Å². The third-order valence-corrected chi connectivity index (χ3v) is 3.96. The summed E-state index contributed by atoms with van der Waals surface area (Å²) in [7, 11) is 10.8. The molecule has 0 aromatic heterocycles. The van der Waals surface area contributed by atoms with Crippen LogP contribution in [0.2, 0.25) is 12.6 Å². The van der Waals surface area contributed by atoms with E-state index in [-0.39, 0.29) is 5.54 Å². The first-order chi connectivity index (χ1) is 12.8. The Morgan fingerprint density at radius 3 is 1.67 bits per heavy atom. The molecule has 0 bridgehead atoms. The summed E-state index contributed by atoms with van der Waals surface area (Å²) in [5.41, 5.74) is 6.69. The van der Waals surface area contributed by atoms with Gasteiger partial charge in [-0.2, -0.15) is 0 Å². The van der Waals surface area contributed by atoms with Gasteiger partial charge in [0.15, 0.2) is 0 Å². The predicted molar refractivity (Wildman–Crippen MR) is 121 cm³/mol. The first-order valence-electron chi connectivity index (χ1n) is 8.78. The van der Waals surface area contributed by atoms with Gasteiger partial charge >= 0.3 is 35.6 Å². The van der Waals surface area contributed by atoms with Crippen molar-refractivity contribution in [1.82, 2.24) is 0 Å². The Balaban J connectivity index is 0.000000409. The molecule has 0 atom stereocenters. The molecule has 148 valence electrons. The molecule has 0 fully saturated rings. The summed E-state index contributed by atoms with van der Waals surface area (Å²) >= 11 is -0.556. The van der Waals surface area contributed by atoms with Gasteiger partial charge in [-0.1, -0.05) is 69.8 Å². The topological polar surface area (TPSA) is 44.0 Å². The van der Waals surface area contributed by atoms with Crippen LogP contribution in [0.3, 0.4) is 0 Å². The second-order valence-corrected chi connectivity index (χ2v) is 10.6. The van der Waals surface area contributed by atoms with Gasteiger partial charge < -0.3 is 10.8 Å². The van der Waals surface area contributed by atoms with Crippen molar-refractivity contribution >= 4 is 49.7 Å². The van der Waals surface area contributed by atoms with E-state index in [0.29, 0.717) is 6.61 Å². The number of aliphatic hydroxyl groups excluding tert-OH is 1. The molecule has 3 aromatic rings. The average molecular weight is 458 g/mol. The average Bonchev–Trinajstić information content (AvgIpc) is 2.98. The Morgan fingerprint density at radius 1 is 1.00 bits per heavy atom. The van der Waals surface area contributed by atoms with Crippen molar-refractivity contribution in [2.75, 3.05) is 6.61 Å². The fourth-order valence-corrected chi connectivity index (χ4v) is 2.67.